The van der Waals surface area contributed by atoms with Gasteiger partial charge in [0, 0.05) is 12.0 Å². The molecule has 2 heteroatoms. The summed E-state index contributed by atoms with van der Waals surface area (Å²) in [6, 6.07) is 5.71. The minimum Gasteiger partial charge on any atom is -0.496 e. The molecule has 0 bridgehead atoms. The van der Waals surface area contributed by atoms with Gasteiger partial charge in [0.05, 0.1) is 7.11 Å². The fraction of sp³-hybridized carbons (Fsp3) is 0.273. The molecule has 0 atom stereocenters. The van der Waals surface area contributed by atoms with E-state index >= 15 is 0 Å². The first-order valence-corrected chi connectivity index (χ1v) is 4.33. The van der Waals surface area contributed by atoms with Crippen LogP contribution in [-0.2, 0) is 6.42 Å². The van der Waals surface area contributed by atoms with Crippen LogP contribution in [0.4, 0.5) is 4.39 Å². The first-order valence-electron chi connectivity index (χ1n) is 4.33. The molecule has 0 spiro atoms. The Hall–Kier alpha value is -1.31. The summed E-state index contributed by atoms with van der Waals surface area (Å²) in [5.41, 5.74) is 2.06. The number of rotatable bonds is 1. The van der Waals surface area contributed by atoms with E-state index in [0.717, 1.165) is 23.3 Å². The highest BCUT2D eigenvalue weighted by molar-refractivity contribution is 5.61. The Balaban J connectivity index is 2.52. The molecule has 1 aliphatic rings. The smallest absolute Gasteiger partial charge is 0.122 e. The quantitative estimate of drug-likeness (QED) is 0.642. The third-order valence-electron chi connectivity index (χ3n) is 2.32. The highest BCUT2D eigenvalue weighted by Crippen LogP contribution is 2.30. The summed E-state index contributed by atoms with van der Waals surface area (Å²) in [6.07, 6.45) is 2.82. The molecule has 1 aromatic rings. The van der Waals surface area contributed by atoms with Gasteiger partial charge in [-0.05, 0) is 24.1 Å². The fourth-order valence-electron chi connectivity index (χ4n) is 1.66. The van der Waals surface area contributed by atoms with Crippen molar-refractivity contribution in [3.05, 3.63) is 35.2 Å². The number of hydrogen-bond acceptors (Lipinski definition) is 1. The molecule has 0 radical (unpaired) electrons. The Morgan fingerprint density at radius 2 is 2.15 bits per heavy atom. The predicted octanol–water partition coefficient (Wildman–Crippen LogP) is 2.95. The standard InChI is InChI=1S/C11H11FO/c1-13-11-4-2-3-8-7-9(12)5-6-10(8)11/h2-4,7H,5-6H2,1H3. The minimum absolute atomic E-state index is 0.0410. The van der Waals surface area contributed by atoms with Crippen LogP contribution in [0.25, 0.3) is 6.08 Å². The third kappa shape index (κ3) is 1.44. The molecule has 0 saturated carbocycles. The van der Waals surface area contributed by atoms with E-state index in [-0.39, 0.29) is 5.83 Å². The zero-order valence-electron chi connectivity index (χ0n) is 7.51. The molecule has 1 aromatic carbocycles. The molecular weight excluding hydrogens is 167 g/mol. The van der Waals surface area contributed by atoms with Gasteiger partial charge in [-0.25, -0.2) is 4.39 Å². The molecule has 0 saturated heterocycles. The van der Waals surface area contributed by atoms with E-state index in [0.29, 0.717) is 6.42 Å². The van der Waals surface area contributed by atoms with Crippen molar-refractivity contribution in [1.82, 2.24) is 0 Å². The summed E-state index contributed by atoms with van der Waals surface area (Å²) in [6.45, 7) is 0. The molecule has 0 aromatic heterocycles. The van der Waals surface area contributed by atoms with Crippen LogP contribution in [0.2, 0.25) is 0 Å². The summed E-state index contributed by atoms with van der Waals surface area (Å²) in [4.78, 5) is 0. The number of hydrogen-bond donors (Lipinski definition) is 0. The van der Waals surface area contributed by atoms with E-state index in [9.17, 15) is 4.39 Å². The molecule has 0 heterocycles. The number of halogens is 1. The normalized spacial score (nSPS) is 14.8. The van der Waals surface area contributed by atoms with Crippen molar-refractivity contribution in [3.63, 3.8) is 0 Å². The van der Waals surface area contributed by atoms with E-state index in [4.69, 9.17) is 4.74 Å². The second-order valence-corrected chi connectivity index (χ2v) is 3.12. The van der Waals surface area contributed by atoms with Crippen molar-refractivity contribution in [2.24, 2.45) is 0 Å². The zero-order valence-corrected chi connectivity index (χ0v) is 7.51. The van der Waals surface area contributed by atoms with E-state index in [1.54, 1.807) is 13.2 Å². The van der Waals surface area contributed by atoms with Crippen molar-refractivity contribution in [1.29, 1.82) is 0 Å². The molecule has 0 fully saturated rings. The van der Waals surface area contributed by atoms with Gasteiger partial charge < -0.3 is 4.74 Å². The Kier molecular flexibility index (Phi) is 2.05. The number of ether oxygens (including phenoxy) is 1. The lowest BCUT2D eigenvalue weighted by Crippen LogP contribution is -1.99. The summed E-state index contributed by atoms with van der Waals surface area (Å²) in [5.74, 6) is 0.821. The Labute approximate surface area is 76.8 Å². The molecule has 0 N–H and O–H groups in total. The number of methoxy groups -OCH3 is 1. The van der Waals surface area contributed by atoms with Gasteiger partial charge in [-0.3, -0.25) is 0 Å². The van der Waals surface area contributed by atoms with Crippen LogP contribution >= 0.6 is 0 Å². The third-order valence-corrected chi connectivity index (χ3v) is 2.32. The second-order valence-electron chi connectivity index (χ2n) is 3.12. The zero-order chi connectivity index (χ0) is 9.26. The summed E-state index contributed by atoms with van der Waals surface area (Å²) < 4.78 is 18.1. The lowest BCUT2D eigenvalue weighted by atomic mass is 9.96. The summed E-state index contributed by atoms with van der Waals surface area (Å²) in [7, 11) is 1.64. The van der Waals surface area contributed by atoms with Gasteiger partial charge in [-0.1, -0.05) is 12.1 Å². The van der Waals surface area contributed by atoms with Gasteiger partial charge in [-0.2, -0.15) is 0 Å². The molecule has 1 nitrogen and oxygen atoms in total. The monoisotopic (exact) mass is 178 g/mol. The lowest BCUT2D eigenvalue weighted by Gasteiger charge is -2.15. The molecule has 2 rings (SSSR count). The Morgan fingerprint density at radius 3 is 2.92 bits per heavy atom. The van der Waals surface area contributed by atoms with Crippen LogP contribution in [0.15, 0.2) is 24.0 Å². The minimum atomic E-state index is -0.0410. The van der Waals surface area contributed by atoms with Gasteiger partial charge in [0.15, 0.2) is 0 Å². The average Bonchev–Trinajstić information content (AvgIpc) is 2.16. The Bertz CT molecular complexity index is 355. The van der Waals surface area contributed by atoms with Crippen molar-refractivity contribution >= 4 is 6.08 Å². The SMILES string of the molecule is COc1cccc2c1CCC(F)=C2. The molecule has 0 amide bonds. The van der Waals surface area contributed by atoms with Crippen molar-refractivity contribution in [2.75, 3.05) is 7.11 Å². The van der Waals surface area contributed by atoms with Gasteiger partial charge in [0.1, 0.15) is 11.6 Å². The number of benzene rings is 1. The van der Waals surface area contributed by atoms with Crippen LogP contribution in [0.5, 0.6) is 5.75 Å². The van der Waals surface area contributed by atoms with Crippen LogP contribution < -0.4 is 4.74 Å². The fourth-order valence-corrected chi connectivity index (χ4v) is 1.66. The number of allylic oxidation sites excluding steroid dienone is 1. The highest BCUT2D eigenvalue weighted by Gasteiger charge is 2.13. The van der Waals surface area contributed by atoms with Crippen molar-refractivity contribution in [2.45, 2.75) is 12.8 Å². The molecular formula is C11H11FO. The summed E-state index contributed by atoms with van der Waals surface area (Å²) in [5, 5.41) is 0. The van der Waals surface area contributed by atoms with Crippen LogP contribution in [0.3, 0.4) is 0 Å². The first-order chi connectivity index (χ1) is 6.31. The highest BCUT2D eigenvalue weighted by atomic mass is 19.1. The van der Waals surface area contributed by atoms with E-state index < -0.39 is 0 Å². The largest absolute Gasteiger partial charge is 0.496 e. The topological polar surface area (TPSA) is 9.23 Å². The van der Waals surface area contributed by atoms with Crippen LogP contribution in [0.1, 0.15) is 17.5 Å². The van der Waals surface area contributed by atoms with Crippen LogP contribution in [-0.4, -0.2) is 7.11 Å². The van der Waals surface area contributed by atoms with Crippen LogP contribution in [0, 0.1) is 0 Å². The second kappa shape index (κ2) is 3.21. The van der Waals surface area contributed by atoms with Gasteiger partial charge in [0.25, 0.3) is 0 Å². The maximum Gasteiger partial charge on any atom is 0.122 e. The van der Waals surface area contributed by atoms with Gasteiger partial charge >= 0.3 is 0 Å². The Morgan fingerprint density at radius 1 is 1.31 bits per heavy atom. The molecule has 68 valence electrons. The maximum absolute atomic E-state index is 12.9. The van der Waals surface area contributed by atoms with E-state index in [2.05, 4.69) is 0 Å². The van der Waals surface area contributed by atoms with E-state index in [1.165, 1.54) is 0 Å². The first kappa shape index (κ1) is 8.30. The maximum atomic E-state index is 12.9. The molecule has 1 aliphatic carbocycles. The van der Waals surface area contributed by atoms with Crippen molar-refractivity contribution < 1.29 is 9.13 Å². The molecule has 13 heavy (non-hydrogen) atoms. The van der Waals surface area contributed by atoms with Gasteiger partial charge in [0.2, 0.25) is 0 Å². The summed E-state index contributed by atoms with van der Waals surface area (Å²) >= 11 is 0. The average molecular weight is 178 g/mol. The van der Waals surface area contributed by atoms with Crippen molar-refractivity contribution in [3.8, 4) is 5.75 Å². The molecule has 0 aliphatic heterocycles. The predicted molar refractivity (Wildman–Crippen MR) is 50.4 cm³/mol. The van der Waals surface area contributed by atoms with E-state index in [1.807, 2.05) is 18.2 Å². The van der Waals surface area contributed by atoms with Gasteiger partial charge in [-0.15, -0.1) is 0 Å². The number of fused-ring (bicyclic) bond motifs is 1. The molecule has 0 unspecified atom stereocenters. The lowest BCUT2D eigenvalue weighted by molar-refractivity contribution is 0.408.